The number of fused-ring (bicyclic) bond motifs is 2. The number of rotatable bonds is 13. The van der Waals surface area contributed by atoms with Crippen molar-refractivity contribution in [3.05, 3.63) is 155 Å². The van der Waals surface area contributed by atoms with Gasteiger partial charge in [-0.05, 0) is 131 Å². The van der Waals surface area contributed by atoms with Crippen molar-refractivity contribution in [3.8, 4) is 56.9 Å². The highest BCUT2D eigenvalue weighted by molar-refractivity contribution is 7.17. The van der Waals surface area contributed by atoms with E-state index in [1.165, 1.54) is 46.9 Å². The second-order valence-corrected chi connectivity index (χ2v) is 26.9. The number of aryl methyl sites for hydroxylation is 2. The predicted molar refractivity (Wildman–Crippen MR) is 376 cm³/mol. The number of amides is 3. The number of likely N-dealkylation sites (tertiary alicyclic amines) is 1. The summed E-state index contributed by atoms with van der Waals surface area (Å²) in [7, 11) is 3.86. The van der Waals surface area contributed by atoms with Gasteiger partial charge in [-0.2, -0.15) is 10.5 Å². The van der Waals surface area contributed by atoms with E-state index in [2.05, 4.69) is 97.2 Å². The molecule has 5 N–H and O–H groups in total. The minimum Gasteiger partial charge on any atom is -0.444 e. The minimum atomic E-state index is -0.406. The molecule has 4 aliphatic rings. The Morgan fingerprint density at radius 1 is 0.619 bits per heavy atom. The monoisotopic (exact) mass is 1350 g/mol. The normalized spacial score (nSPS) is 14.9. The largest absolute Gasteiger partial charge is 0.444 e. The molecule has 0 radical (unpaired) electrons. The van der Waals surface area contributed by atoms with Gasteiger partial charge in [-0.1, -0.05) is 36.5 Å². The summed E-state index contributed by atoms with van der Waals surface area (Å²) in [5, 5.41) is 30.6. The molecule has 0 atom stereocenters. The molecule has 0 bridgehead atoms. The topological polar surface area (TPSA) is 259 Å². The molecule has 0 saturated carbocycles. The highest BCUT2D eigenvalue weighted by Gasteiger charge is 2.32. The molecule has 12 heterocycles. The van der Waals surface area contributed by atoms with Gasteiger partial charge in [0.25, 0.3) is 0 Å². The number of benzene rings is 2. The number of aromatic nitrogens is 8. The Kier molecular flexibility index (Phi) is 20.0. The van der Waals surface area contributed by atoms with E-state index in [0.29, 0.717) is 75.1 Å². The Morgan fingerprint density at radius 3 is 1.45 bits per heavy atom. The zero-order chi connectivity index (χ0) is 68.1. The number of nitriles is 2. The van der Waals surface area contributed by atoms with Crippen LogP contribution in [0.2, 0.25) is 0 Å². The lowest BCUT2D eigenvalue weighted by molar-refractivity contribution is 0.00882. The number of carbonyl (C=O) groups excluding carboxylic acids is 2. The van der Waals surface area contributed by atoms with Crippen LogP contribution in [0.25, 0.3) is 56.1 Å². The standard InChI is InChI=1S/C33H33FN10OS.C29H27FN8S.C8H16N2O2/c1-3-26-31(41(2)33-40-30(27(16-35)46-33)21-4-8-24(34)9-5-21)44-20-23(7-11-29(44)39-26)22-6-10-28(37-17-22)42-12-14-43(15-13-42)32(45)38-25-18-36-19-25;1-3-23-28(36(2)29-35-27(24(16-31)39-29)19-4-8-22(30)9-5-19)38-18-21(7-11-26(38)34-23)20-6-10-25(33-17-20)37-14-12-32-13-15-37;1-8(2,3)12-7(11)10-4-6(9)5-10/h4-11,17,20,25,36H,3,12-15,18-19H2,1-2H3,(H,38,45);4-11,17-18,32H,3,12-15H2,1-2H3;6H,4-5,9H2,1-3H3. The van der Waals surface area contributed by atoms with Gasteiger partial charge >= 0.3 is 12.1 Å². The highest BCUT2D eigenvalue weighted by Crippen LogP contribution is 2.40. The fourth-order valence-electron chi connectivity index (χ4n) is 11.7. The molecule has 4 aliphatic heterocycles. The van der Waals surface area contributed by atoms with Crippen LogP contribution in [0.4, 0.5) is 51.9 Å². The second kappa shape index (κ2) is 29.0. The first-order valence-corrected chi connectivity index (χ1v) is 33.9. The van der Waals surface area contributed by atoms with Crippen LogP contribution in [0.15, 0.2) is 122 Å². The number of nitrogens with zero attached hydrogens (tertiary/aromatic N) is 16. The molecule has 27 heteroatoms. The third-order valence-corrected chi connectivity index (χ3v) is 19.1. The Morgan fingerprint density at radius 2 is 1.06 bits per heavy atom. The average Bonchev–Trinajstić information content (AvgIpc) is 1.63. The van der Waals surface area contributed by atoms with Gasteiger partial charge in [0.2, 0.25) is 0 Å². The fraction of sp³-hybridized carbons (Fsp3) is 0.343. The van der Waals surface area contributed by atoms with Gasteiger partial charge in [-0.3, -0.25) is 8.80 Å². The summed E-state index contributed by atoms with van der Waals surface area (Å²) in [6.45, 7) is 19.2. The van der Waals surface area contributed by atoms with Gasteiger partial charge in [-0.25, -0.2) is 48.3 Å². The van der Waals surface area contributed by atoms with Crippen molar-refractivity contribution in [2.24, 2.45) is 5.73 Å². The summed E-state index contributed by atoms with van der Waals surface area (Å²) < 4.78 is 36.3. The van der Waals surface area contributed by atoms with Crippen molar-refractivity contribution in [2.45, 2.75) is 65.1 Å². The van der Waals surface area contributed by atoms with Crippen molar-refractivity contribution in [1.29, 1.82) is 10.5 Å². The van der Waals surface area contributed by atoms with E-state index in [9.17, 15) is 28.9 Å². The number of imidazole rings is 2. The number of pyridine rings is 4. The highest BCUT2D eigenvalue weighted by atomic mass is 32.1. The van der Waals surface area contributed by atoms with Gasteiger partial charge in [0.15, 0.2) is 10.3 Å². The Hall–Kier alpha value is -10.2. The van der Waals surface area contributed by atoms with E-state index in [0.717, 1.165) is 127 Å². The van der Waals surface area contributed by atoms with Crippen molar-refractivity contribution < 1.29 is 23.1 Å². The number of hydrogen-bond donors (Lipinski definition) is 4. The third kappa shape index (κ3) is 15.0. The Bertz CT molecular complexity index is 4510. The molecular weight excluding hydrogens is 1270 g/mol. The van der Waals surface area contributed by atoms with Crippen molar-refractivity contribution >= 4 is 79.6 Å². The van der Waals surface area contributed by atoms with Gasteiger partial charge in [-0.15, -0.1) is 0 Å². The van der Waals surface area contributed by atoms with Crippen molar-refractivity contribution in [2.75, 3.05) is 112 Å². The van der Waals surface area contributed by atoms with Crippen LogP contribution in [0.1, 0.15) is 55.8 Å². The van der Waals surface area contributed by atoms with E-state index in [-0.39, 0.29) is 35.8 Å². The summed E-state index contributed by atoms with van der Waals surface area (Å²) in [6, 6.07) is 33.4. The van der Waals surface area contributed by atoms with E-state index in [4.69, 9.17) is 40.4 Å². The van der Waals surface area contributed by atoms with Crippen molar-refractivity contribution in [3.63, 3.8) is 0 Å². The molecule has 3 amide bonds. The number of halogens is 2. The number of nitrogens with one attached hydrogen (secondary N) is 3. The molecule has 2 aromatic carbocycles. The zero-order valence-electron chi connectivity index (χ0n) is 55.1. The van der Waals surface area contributed by atoms with Crippen LogP contribution >= 0.6 is 22.7 Å². The molecule has 0 aliphatic carbocycles. The molecule has 8 aromatic heterocycles. The molecular formula is C70H76F2N20O3S2. The first-order chi connectivity index (χ1) is 46.8. The second-order valence-electron chi connectivity index (χ2n) is 24.9. The van der Waals surface area contributed by atoms with Crippen LogP contribution in [-0.4, -0.2) is 171 Å². The van der Waals surface area contributed by atoms with Crippen molar-refractivity contribution in [1.82, 2.24) is 64.5 Å². The summed E-state index contributed by atoms with van der Waals surface area (Å²) in [5.74, 6) is 2.97. The summed E-state index contributed by atoms with van der Waals surface area (Å²) >= 11 is 2.60. The quantitative estimate of drug-likeness (QED) is 0.0836. The van der Waals surface area contributed by atoms with Crippen LogP contribution in [0, 0.1) is 34.3 Å². The number of piperazine rings is 2. The summed E-state index contributed by atoms with van der Waals surface area (Å²) in [5.41, 5.74) is 15.1. The number of hydrogen-bond acceptors (Lipinski definition) is 20. The molecule has 14 rings (SSSR count). The zero-order valence-corrected chi connectivity index (χ0v) is 56.8. The van der Waals surface area contributed by atoms with Gasteiger partial charge in [0.1, 0.15) is 85.1 Å². The lowest BCUT2D eigenvalue weighted by Gasteiger charge is -2.37. The molecule has 500 valence electrons. The number of ether oxygens (including phenoxy) is 1. The first-order valence-electron chi connectivity index (χ1n) is 32.3. The third-order valence-electron chi connectivity index (χ3n) is 17.0. The fourth-order valence-corrected chi connectivity index (χ4v) is 13.4. The maximum absolute atomic E-state index is 13.6. The number of anilines is 6. The SMILES string of the molecule is CC(C)(C)OC(=O)N1CC(N)C1.CCc1nc2ccc(-c3ccc(N4CCN(C(=O)NC5CNC5)CC4)nc3)cn2c1N(C)c1nc(-c2ccc(F)cc2)c(C#N)s1.CCc1nc2ccc(-c3ccc(N4CCNCC4)nc3)cn2c1N(C)c1nc(-c2ccc(F)cc2)c(C#N)s1. The average molecular weight is 1350 g/mol. The van der Waals surface area contributed by atoms with E-state index < -0.39 is 5.60 Å². The molecule has 97 heavy (non-hydrogen) atoms. The lowest BCUT2D eigenvalue weighted by atomic mass is 10.1. The molecule has 0 spiro atoms. The number of thiazole rings is 2. The first kappa shape index (κ1) is 66.8. The van der Waals surface area contributed by atoms with Gasteiger partial charge in [0.05, 0.1) is 17.4 Å². The maximum Gasteiger partial charge on any atom is 0.410 e. The van der Waals surface area contributed by atoms with Gasteiger partial charge in [0, 0.05) is 157 Å². The number of urea groups is 1. The summed E-state index contributed by atoms with van der Waals surface area (Å²) in [4.78, 5) is 65.5. The molecule has 4 saturated heterocycles. The number of carbonyl (C=O) groups is 2. The number of nitrogens with two attached hydrogens (primary N) is 1. The van der Waals surface area contributed by atoms with Crippen LogP contribution in [0.3, 0.4) is 0 Å². The molecule has 23 nitrogen and oxygen atoms in total. The van der Waals surface area contributed by atoms with Crippen LogP contribution in [0.5, 0.6) is 0 Å². The smallest absolute Gasteiger partial charge is 0.410 e. The van der Waals surface area contributed by atoms with Gasteiger partial charge < -0.3 is 55.8 Å². The Labute approximate surface area is 569 Å². The molecule has 10 aromatic rings. The van der Waals surface area contributed by atoms with Crippen LogP contribution < -0.4 is 41.3 Å². The predicted octanol–water partition coefficient (Wildman–Crippen LogP) is 10.5. The van der Waals surface area contributed by atoms with E-state index in [1.54, 1.807) is 29.2 Å². The summed E-state index contributed by atoms with van der Waals surface area (Å²) in [6.07, 6.45) is 9.13. The molecule has 4 fully saturated rings. The van der Waals surface area contributed by atoms with E-state index >= 15 is 0 Å². The lowest BCUT2D eigenvalue weighted by Crippen LogP contribution is -2.61. The minimum absolute atomic E-state index is 0.00859. The molecule has 0 unspecified atom stereocenters. The Balaban J connectivity index is 0.000000159. The maximum atomic E-state index is 13.6. The van der Waals surface area contributed by atoms with E-state index in [1.807, 2.05) is 86.2 Å². The van der Waals surface area contributed by atoms with Crippen LogP contribution in [-0.2, 0) is 17.6 Å².